The Morgan fingerprint density at radius 2 is 2.00 bits per heavy atom. The van der Waals surface area contributed by atoms with E-state index in [-0.39, 0.29) is 11.7 Å². The van der Waals surface area contributed by atoms with Gasteiger partial charge < -0.3 is 15.2 Å². The molecule has 122 valence electrons. The maximum absolute atomic E-state index is 12.7. The van der Waals surface area contributed by atoms with E-state index < -0.39 is 0 Å². The van der Waals surface area contributed by atoms with E-state index in [1.807, 2.05) is 31.2 Å². The van der Waals surface area contributed by atoms with Crippen LogP contribution in [0.2, 0.25) is 0 Å². The third kappa shape index (κ3) is 2.83. The lowest BCUT2D eigenvalue weighted by Crippen LogP contribution is -2.30. The molecule has 1 heterocycles. The minimum Gasteiger partial charge on any atom is -0.504 e. The highest BCUT2D eigenvalue weighted by atomic mass is 32.1. The van der Waals surface area contributed by atoms with Crippen LogP contribution in [-0.4, -0.2) is 23.2 Å². The number of methoxy groups -OCH3 is 1. The van der Waals surface area contributed by atoms with E-state index in [1.165, 1.54) is 18.1 Å². The molecule has 1 saturated heterocycles. The zero-order valence-corrected chi connectivity index (χ0v) is 14.1. The average Bonchev–Trinajstić information content (AvgIpc) is 2.82. The Labute approximate surface area is 145 Å². The molecule has 0 atom stereocenters. The van der Waals surface area contributed by atoms with Gasteiger partial charge in [-0.3, -0.25) is 9.69 Å². The zero-order chi connectivity index (χ0) is 17.3. The maximum Gasteiger partial charge on any atom is 0.281 e. The molecule has 2 N–H and O–H groups in total. The summed E-state index contributed by atoms with van der Waals surface area (Å²) in [5, 5.41) is 13.1. The summed E-state index contributed by atoms with van der Waals surface area (Å²) in [6.45, 7) is 1.93. The lowest BCUT2D eigenvalue weighted by Gasteiger charge is -2.16. The molecule has 2 aromatic rings. The second-order valence-corrected chi connectivity index (χ2v) is 5.73. The average molecular weight is 340 g/mol. The van der Waals surface area contributed by atoms with Crippen LogP contribution in [0.4, 0.5) is 5.69 Å². The highest BCUT2D eigenvalue weighted by Gasteiger charge is 2.32. The number of amides is 1. The number of para-hydroxylation sites is 1. The highest BCUT2D eigenvalue weighted by molar-refractivity contribution is 7.80. The molecule has 0 spiro atoms. The molecule has 0 saturated carbocycles. The predicted octanol–water partition coefficient (Wildman–Crippen LogP) is 2.97. The van der Waals surface area contributed by atoms with Crippen molar-refractivity contribution in [2.24, 2.45) is 0 Å². The van der Waals surface area contributed by atoms with Gasteiger partial charge in [0.2, 0.25) is 0 Å². The number of hydrogen-bond acceptors (Lipinski definition) is 4. The first kappa shape index (κ1) is 16.0. The summed E-state index contributed by atoms with van der Waals surface area (Å²) in [5.41, 5.74) is 2.73. The summed E-state index contributed by atoms with van der Waals surface area (Å²) in [6.07, 6.45) is 1.64. The molecule has 3 rings (SSSR count). The molecule has 0 aromatic heterocycles. The number of benzene rings is 2. The van der Waals surface area contributed by atoms with Crippen molar-refractivity contribution in [1.29, 1.82) is 0 Å². The minimum absolute atomic E-state index is 0.00984. The molecule has 0 unspecified atom stereocenters. The smallest absolute Gasteiger partial charge is 0.281 e. The molecule has 6 heteroatoms. The first-order valence-corrected chi connectivity index (χ1v) is 7.72. The third-order valence-electron chi connectivity index (χ3n) is 3.75. The number of phenols is 1. The lowest BCUT2D eigenvalue weighted by atomic mass is 10.1. The summed E-state index contributed by atoms with van der Waals surface area (Å²) in [7, 11) is 1.48. The number of phenolic OH excluding ortho intramolecular Hbond substituents is 1. The Morgan fingerprint density at radius 1 is 1.25 bits per heavy atom. The molecule has 1 aliphatic heterocycles. The molecule has 24 heavy (non-hydrogen) atoms. The Kier molecular flexibility index (Phi) is 4.22. The minimum atomic E-state index is -0.232. The summed E-state index contributed by atoms with van der Waals surface area (Å²) >= 11 is 5.30. The number of aromatic hydroxyl groups is 1. The highest BCUT2D eigenvalue weighted by Crippen LogP contribution is 2.29. The SMILES string of the molecule is COc1ccc(/C=C2/NC(=S)N(c3ccccc3C)C2=O)cc1O. The van der Waals surface area contributed by atoms with Crippen molar-refractivity contribution in [3.05, 3.63) is 59.3 Å². The number of hydrogen-bond donors (Lipinski definition) is 2. The number of carbonyl (C=O) groups is 1. The van der Waals surface area contributed by atoms with E-state index in [9.17, 15) is 9.90 Å². The van der Waals surface area contributed by atoms with Gasteiger partial charge in [0.05, 0.1) is 12.8 Å². The fraction of sp³-hybridized carbons (Fsp3) is 0.111. The summed E-state index contributed by atoms with van der Waals surface area (Å²) in [4.78, 5) is 14.2. The number of ether oxygens (including phenoxy) is 1. The van der Waals surface area contributed by atoms with Crippen LogP contribution >= 0.6 is 12.2 Å². The van der Waals surface area contributed by atoms with E-state index in [4.69, 9.17) is 17.0 Å². The number of carbonyl (C=O) groups excluding carboxylic acids is 1. The zero-order valence-electron chi connectivity index (χ0n) is 13.2. The van der Waals surface area contributed by atoms with Crippen molar-refractivity contribution in [3.63, 3.8) is 0 Å². The molecule has 1 fully saturated rings. The van der Waals surface area contributed by atoms with Crippen molar-refractivity contribution in [2.75, 3.05) is 12.0 Å². The third-order valence-corrected chi connectivity index (χ3v) is 4.03. The Hall–Kier alpha value is -2.86. The van der Waals surface area contributed by atoms with Crippen LogP contribution in [0.3, 0.4) is 0 Å². The molecule has 5 nitrogen and oxygen atoms in total. The number of nitrogens with zero attached hydrogens (tertiary/aromatic N) is 1. The van der Waals surface area contributed by atoms with Crippen LogP contribution < -0.4 is 15.0 Å². The van der Waals surface area contributed by atoms with Crippen molar-refractivity contribution >= 4 is 35.0 Å². The standard InChI is InChI=1S/C18H16N2O3S/c1-11-5-3-4-6-14(11)20-17(22)13(19-18(20)24)9-12-7-8-16(23-2)15(21)10-12/h3-10,21H,1-2H3,(H,19,24)/b13-9+. The van der Waals surface area contributed by atoms with E-state index in [0.717, 1.165) is 11.3 Å². The predicted molar refractivity (Wildman–Crippen MR) is 97.0 cm³/mol. The second kappa shape index (κ2) is 6.33. The van der Waals surface area contributed by atoms with Crippen LogP contribution in [0, 0.1) is 6.92 Å². The van der Waals surface area contributed by atoms with Gasteiger partial charge in [-0.05, 0) is 54.5 Å². The van der Waals surface area contributed by atoms with Gasteiger partial charge in [0.15, 0.2) is 16.6 Å². The molecule has 0 aliphatic carbocycles. The molecule has 0 radical (unpaired) electrons. The van der Waals surface area contributed by atoms with Crippen molar-refractivity contribution < 1.29 is 14.6 Å². The van der Waals surface area contributed by atoms with Crippen LogP contribution in [0.1, 0.15) is 11.1 Å². The summed E-state index contributed by atoms with van der Waals surface area (Å²) in [5.74, 6) is 0.153. The Bertz CT molecular complexity index is 861. The first-order valence-electron chi connectivity index (χ1n) is 7.31. The molecular formula is C18H16N2O3S. The van der Waals surface area contributed by atoms with Crippen molar-refractivity contribution in [2.45, 2.75) is 6.92 Å². The van der Waals surface area contributed by atoms with Crippen molar-refractivity contribution in [1.82, 2.24) is 5.32 Å². The topological polar surface area (TPSA) is 61.8 Å². The normalized spacial score (nSPS) is 15.8. The van der Waals surface area contributed by atoms with Gasteiger partial charge in [0.25, 0.3) is 5.91 Å². The summed E-state index contributed by atoms with van der Waals surface area (Å²) < 4.78 is 5.01. The number of rotatable bonds is 3. The monoisotopic (exact) mass is 340 g/mol. The van der Waals surface area contributed by atoms with Gasteiger partial charge in [-0.15, -0.1) is 0 Å². The maximum atomic E-state index is 12.7. The van der Waals surface area contributed by atoms with Crippen molar-refractivity contribution in [3.8, 4) is 11.5 Å². The lowest BCUT2D eigenvalue weighted by molar-refractivity contribution is -0.113. The van der Waals surface area contributed by atoms with Gasteiger partial charge in [-0.2, -0.15) is 0 Å². The number of aryl methyl sites for hydroxylation is 1. The fourth-order valence-corrected chi connectivity index (χ4v) is 2.82. The Balaban J connectivity index is 1.94. The van der Waals surface area contributed by atoms with E-state index in [2.05, 4.69) is 5.32 Å². The van der Waals surface area contributed by atoms with Gasteiger partial charge in [-0.1, -0.05) is 24.3 Å². The molecule has 0 bridgehead atoms. The van der Waals surface area contributed by atoms with Crippen LogP contribution in [0.15, 0.2) is 48.2 Å². The van der Waals surface area contributed by atoms with Gasteiger partial charge in [0.1, 0.15) is 5.70 Å². The van der Waals surface area contributed by atoms with E-state index in [0.29, 0.717) is 22.1 Å². The number of anilines is 1. The molecule has 2 aromatic carbocycles. The molecular weight excluding hydrogens is 324 g/mol. The second-order valence-electron chi connectivity index (χ2n) is 5.35. The van der Waals surface area contributed by atoms with Gasteiger partial charge >= 0.3 is 0 Å². The Morgan fingerprint density at radius 3 is 2.67 bits per heavy atom. The largest absolute Gasteiger partial charge is 0.504 e. The van der Waals surface area contributed by atoms with Gasteiger partial charge in [-0.25, -0.2) is 0 Å². The summed E-state index contributed by atoms with van der Waals surface area (Å²) in [6, 6.07) is 12.5. The van der Waals surface area contributed by atoms with Crippen LogP contribution in [0.25, 0.3) is 6.08 Å². The fourth-order valence-electron chi connectivity index (χ4n) is 2.53. The number of nitrogens with one attached hydrogen (secondary N) is 1. The molecule has 1 aliphatic rings. The molecule has 1 amide bonds. The van der Waals surface area contributed by atoms with E-state index >= 15 is 0 Å². The van der Waals surface area contributed by atoms with Gasteiger partial charge in [0, 0.05) is 0 Å². The van der Waals surface area contributed by atoms with Crippen LogP contribution in [-0.2, 0) is 4.79 Å². The van der Waals surface area contributed by atoms with Crippen LogP contribution in [0.5, 0.6) is 11.5 Å². The first-order chi connectivity index (χ1) is 11.5. The quantitative estimate of drug-likeness (QED) is 0.664. The number of thiocarbonyl (C=S) groups is 1. The van der Waals surface area contributed by atoms with E-state index in [1.54, 1.807) is 18.2 Å².